The van der Waals surface area contributed by atoms with E-state index in [4.69, 9.17) is 9.47 Å². The monoisotopic (exact) mass is 789 g/mol. The Morgan fingerprint density at radius 3 is 2.05 bits per heavy atom. The number of hydrogen-bond acceptors (Lipinski definition) is 10. The molecular weight excluding hydrogens is 743 g/mol. The first kappa shape index (κ1) is 37.7. The second-order valence-corrected chi connectivity index (χ2v) is 16.8. The van der Waals surface area contributed by atoms with E-state index in [1.165, 1.54) is 4.57 Å². The summed E-state index contributed by atoms with van der Waals surface area (Å²) in [6.07, 6.45) is 9.86. The third-order valence-electron chi connectivity index (χ3n) is 13.4. The van der Waals surface area contributed by atoms with Gasteiger partial charge in [-0.2, -0.15) is 5.10 Å². The van der Waals surface area contributed by atoms with Crippen LogP contribution in [0.3, 0.4) is 0 Å². The molecule has 9 rings (SSSR count). The van der Waals surface area contributed by atoms with E-state index in [1.807, 2.05) is 29.2 Å². The van der Waals surface area contributed by atoms with Crippen molar-refractivity contribution >= 4 is 40.4 Å². The predicted molar refractivity (Wildman–Crippen MR) is 211 cm³/mol. The molecule has 58 heavy (non-hydrogen) atoms. The van der Waals surface area contributed by atoms with Crippen LogP contribution >= 0.6 is 0 Å². The van der Waals surface area contributed by atoms with Gasteiger partial charge in [0.1, 0.15) is 23.1 Å². The molecule has 15 heteroatoms. The number of carbonyl (C=O) groups excluding carboxylic acids is 5. The number of ether oxygens (including phenoxy) is 2. The number of pyridine rings is 1. The Bertz CT molecular complexity index is 2420. The van der Waals surface area contributed by atoms with Crippen molar-refractivity contribution in [1.29, 1.82) is 0 Å². The van der Waals surface area contributed by atoms with Gasteiger partial charge in [-0.3, -0.25) is 48.6 Å². The molecule has 302 valence electrons. The lowest BCUT2D eigenvalue weighted by atomic mass is 9.65. The molecule has 4 aliphatic heterocycles. The third-order valence-corrected chi connectivity index (χ3v) is 13.4. The van der Waals surface area contributed by atoms with Crippen molar-refractivity contribution in [2.45, 2.75) is 70.5 Å². The molecule has 1 atom stereocenters. The lowest BCUT2D eigenvalue weighted by molar-refractivity contribution is -0.136. The number of amides is 5. The maximum atomic E-state index is 14.2. The summed E-state index contributed by atoms with van der Waals surface area (Å²) in [4.78, 5) is 83.2. The molecular formula is C43H47N7O8. The molecule has 1 spiro atoms. The van der Waals surface area contributed by atoms with E-state index < -0.39 is 29.7 Å². The number of imide groups is 2. The van der Waals surface area contributed by atoms with Crippen LogP contribution in [0.15, 0.2) is 41.5 Å². The number of piperidine rings is 2. The molecule has 0 bridgehead atoms. The molecule has 0 radical (unpaired) electrons. The molecule has 3 fully saturated rings. The molecule has 1 unspecified atom stereocenters. The van der Waals surface area contributed by atoms with Crippen LogP contribution < -0.4 is 20.3 Å². The van der Waals surface area contributed by atoms with Gasteiger partial charge < -0.3 is 18.9 Å². The Hall–Kier alpha value is -5.83. The zero-order valence-corrected chi connectivity index (χ0v) is 33.3. The van der Waals surface area contributed by atoms with Crippen molar-refractivity contribution < 1.29 is 33.4 Å². The van der Waals surface area contributed by atoms with Crippen LogP contribution in [-0.4, -0.2) is 98.5 Å². The van der Waals surface area contributed by atoms with Crippen LogP contribution in [0.1, 0.15) is 93.6 Å². The SMILES string of the molecule is COc1cc(-c2cn(C)c(=O)c3cnn(C)c23)cc(OC)c1C(=O)N1CCC2(CCC(CN3Cc4cc5c(cc4C3)C(=O)N(C3CCC(=O)NC3=O)C5=O)CC2)CC1. The third kappa shape index (κ3) is 6.17. The molecule has 2 aromatic carbocycles. The van der Waals surface area contributed by atoms with Crippen LogP contribution in [-0.2, 0) is 36.8 Å². The van der Waals surface area contributed by atoms with E-state index in [0.29, 0.717) is 71.2 Å². The van der Waals surface area contributed by atoms with Crippen LogP contribution in [0, 0.1) is 11.3 Å². The highest BCUT2D eigenvalue weighted by atomic mass is 16.5. The summed E-state index contributed by atoms with van der Waals surface area (Å²) < 4.78 is 14.8. The Labute approximate surface area is 334 Å². The van der Waals surface area contributed by atoms with Crippen molar-refractivity contribution in [2.75, 3.05) is 33.9 Å². The Morgan fingerprint density at radius 2 is 1.47 bits per heavy atom. The quantitative estimate of drug-likeness (QED) is 0.273. The maximum absolute atomic E-state index is 14.2. The van der Waals surface area contributed by atoms with E-state index in [9.17, 15) is 28.8 Å². The number of aryl methyl sites for hydroxylation is 2. The summed E-state index contributed by atoms with van der Waals surface area (Å²) in [6.45, 7) is 3.64. The van der Waals surface area contributed by atoms with Crippen molar-refractivity contribution in [2.24, 2.45) is 25.4 Å². The van der Waals surface area contributed by atoms with Crippen molar-refractivity contribution in [1.82, 2.24) is 34.4 Å². The Kier molecular flexibility index (Phi) is 9.25. The smallest absolute Gasteiger partial charge is 0.262 e. The van der Waals surface area contributed by atoms with Crippen molar-refractivity contribution in [3.8, 4) is 22.6 Å². The highest BCUT2D eigenvalue weighted by molar-refractivity contribution is 6.23. The topological polar surface area (TPSA) is 165 Å². The lowest BCUT2D eigenvalue weighted by Gasteiger charge is -2.46. The number of carbonyl (C=O) groups is 5. The number of aromatic nitrogens is 3. The van der Waals surface area contributed by atoms with Gasteiger partial charge in [0, 0.05) is 65.0 Å². The number of methoxy groups -OCH3 is 2. The lowest BCUT2D eigenvalue weighted by Crippen LogP contribution is -2.54. The van der Waals surface area contributed by atoms with Gasteiger partial charge in [-0.05, 0) is 97.2 Å². The van der Waals surface area contributed by atoms with Gasteiger partial charge in [0.25, 0.3) is 23.3 Å². The molecule has 1 N–H and O–H groups in total. The number of nitrogens with zero attached hydrogens (tertiary/aromatic N) is 6. The number of rotatable bonds is 7. The van der Waals surface area contributed by atoms with Crippen LogP contribution in [0.25, 0.3) is 22.0 Å². The fourth-order valence-electron chi connectivity index (χ4n) is 10.2. The van der Waals surface area contributed by atoms with Gasteiger partial charge in [-0.1, -0.05) is 0 Å². The van der Waals surface area contributed by atoms with Gasteiger partial charge in [0.05, 0.1) is 42.4 Å². The molecule has 1 aliphatic carbocycles. The number of hydrogen-bond donors (Lipinski definition) is 1. The second-order valence-electron chi connectivity index (χ2n) is 16.8. The molecule has 15 nitrogen and oxygen atoms in total. The summed E-state index contributed by atoms with van der Waals surface area (Å²) in [5, 5.41) is 7.07. The number of fused-ring (bicyclic) bond motifs is 3. The van der Waals surface area contributed by atoms with E-state index in [0.717, 1.165) is 72.2 Å². The number of likely N-dealkylation sites (tertiary alicyclic amines) is 1. The van der Waals surface area contributed by atoms with Gasteiger partial charge in [0.2, 0.25) is 11.8 Å². The van der Waals surface area contributed by atoms with Crippen LogP contribution in [0.5, 0.6) is 11.5 Å². The van der Waals surface area contributed by atoms with Crippen LogP contribution in [0.2, 0.25) is 0 Å². The molecule has 2 aromatic heterocycles. The zero-order valence-electron chi connectivity index (χ0n) is 33.3. The van der Waals surface area contributed by atoms with Gasteiger partial charge >= 0.3 is 0 Å². The fourth-order valence-corrected chi connectivity index (χ4v) is 10.2. The van der Waals surface area contributed by atoms with E-state index in [2.05, 4.69) is 15.3 Å². The molecule has 2 saturated heterocycles. The molecule has 6 heterocycles. The average molecular weight is 790 g/mol. The minimum Gasteiger partial charge on any atom is -0.496 e. The molecule has 4 aromatic rings. The largest absolute Gasteiger partial charge is 0.496 e. The number of nitrogens with one attached hydrogen (secondary N) is 1. The summed E-state index contributed by atoms with van der Waals surface area (Å²) in [5.74, 6) is -0.711. The fraction of sp³-hybridized carbons (Fsp3) is 0.465. The van der Waals surface area contributed by atoms with Crippen LogP contribution in [0.4, 0.5) is 0 Å². The second kappa shape index (κ2) is 14.2. The maximum Gasteiger partial charge on any atom is 0.262 e. The minimum absolute atomic E-state index is 0.0926. The van der Waals surface area contributed by atoms with Crippen molar-refractivity contribution in [3.05, 3.63) is 74.8 Å². The zero-order chi connectivity index (χ0) is 40.6. The highest BCUT2D eigenvalue weighted by Crippen LogP contribution is 2.48. The van der Waals surface area contributed by atoms with Gasteiger partial charge in [-0.15, -0.1) is 0 Å². The molecule has 5 aliphatic rings. The average Bonchev–Trinajstić information content (AvgIpc) is 3.88. The summed E-state index contributed by atoms with van der Waals surface area (Å²) in [6, 6.07) is 6.35. The standard InChI is InChI=1S/C43H47N7O8/c1-46-23-31(37-30(39(46)53)19-44-47(37)2)25-17-33(57-3)36(34(18-25)58-4)42(56)49-13-11-43(12-14-49)9-7-24(8-10-43)20-48-21-26-15-28-29(16-27(26)22-48)41(55)50(40(28)54)32-5-6-35(51)45-38(32)52/h15-19,23-24,32H,5-14,20-22H2,1-4H3,(H,45,51,52). The normalized spacial score (nSPS) is 20.9. The number of benzene rings is 2. The molecule has 5 amide bonds. The van der Waals surface area contributed by atoms with E-state index in [-0.39, 0.29) is 29.7 Å². The van der Waals surface area contributed by atoms with E-state index in [1.54, 1.807) is 45.4 Å². The van der Waals surface area contributed by atoms with Gasteiger partial charge in [-0.25, -0.2) is 0 Å². The highest BCUT2D eigenvalue weighted by Gasteiger charge is 2.46. The van der Waals surface area contributed by atoms with E-state index >= 15 is 0 Å². The summed E-state index contributed by atoms with van der Waals surface area (Å²) in [7, 11) is 6.60. The van der Waals surface area contributed by atoms with Crippen molar-refractivity contribution in [3.63, 3.8) is 0 Å². The minimum atomic E-state index is -0.969. The molecule has 1 saturated carbocycles. The first-order chi connectivity index (χ1) is 27.9. The van der Waals surface area contributed by atoms with Gasteiger partial charge in [0.15, 0.2) is 0 Å². The summed E-state index contributed by atoms with van der Waals surface area (Å²) in [5.41, 5.74) is 5.39. The first-order valence-electron chi connectivity index (χ1n) is 20.1. The Balaban J connectivity index is 0.819. The summed E-state index contributed by atoms with van der Waals surface area (Å²) >= 11 is 0. The predicted octanol–water partition coefficient (Wildman–Crippen LogP) is 3.79. The Morgan fingerprint density at radius 1 is 0.845 bits per heavy atom. The first-order valence-corrected chi connectivity index (χ1v) is 20.1.